The first-order valence-electron chi connectivity index (χ1n) is 8.87. The number of halogens is 2. The van der Waals surface area contributed by atoms with Gasteiger partial charge >= 0.3 is 0 Å². The predicted octanol–water partition coefficient (Wildman–Crippen LogP) is 3.17. The van der Waals surface area contributed by atoms with Gasteiger partial charge in [0, 0.05) is 30.3 Å². The van der Waals surface area contributed by atoms with Crippen LogP contribution in [0, 0.1) is 5.82 Å². The molecule has 0 aliphatic heterocycles. The zero-order valence-corrected chi connectivity index (χ0v) is 14.6. The molecule has 5 nitrogen and oxygen atoms in total. The minimum Gasteiger partial charge on any atom is -0.345 e. The molecular formula is C20H19F2N3O2. The van der Waals surface area contributed by atoms with Gasteiger partial charge in [-0.2, -0.15) is 0 Å². The average Bonchev–Trinajstić information content (AvgIpc) is 3.10. The molecule has 0 spiro atoms. The molecule has 0 atom stereocenters. The lowest BCUT2D eigenvalue weighted by molar-refractivity contribution is -0.115. The van der Waals surface area contributed by atoms with E-state index >= 15 is 0 Å². The lowest BCUT2D eigenvalue weighted by Gasteiger charge is -2.42. The standard InChI is InChI=1S/C20H19F2N3O2/c21-15-4-2-1-3-13(15)9-17(26)24-14-5-8-23-16(10-14)18(27)25-20-7-6-19(22,11-20)12-20/h1-5,8,10H,6-7,9,11-12H2,(H,25,27)(H,23,24,26). The van der Waals surface area contributed by atoms with E-state index in [1.807, 2.05) is 0 Å². The largest absolute Gasteiger partial charge is 0.345 e. The van der Waals surface area contributed by atoms with Gasteiger partial charge < -0.3 is 10.6 Å². The van der Waals surface area contributed by atoms with Crippen molar-refractivity contribution in [2.75, 3.05) is 5.32 Å². The molecule has 0 unspecified atom stereocenters. The number of fused-ring (bicyclic) bond motifs is 1. The predicted molar refractivity (Wildman–Crippen MR) is 95.5 cm³/mol. The number of amides is 2. The van der Waals surface area contributed by atoms with Gasteiger partial charge in [-0.15, -0.1) is 0 Å². The SMILES string of the molecule is O=C(Cc1ccccc1F)Nc1ccnc(C(=O)NC23CCC(F)(C2)C3)c1. The number of hydrogen-bond donors (Lipinski definition) is 2. The van der Waals surface area contributed by atoms with Crippen LogP contribution in [0.4, 0.5) is 14.5 Å². The van der Waals surface area contributed by atoms with Crippen LogP contribution in [-0.2, 0) is 11.2 Å². The molecule has 3 saturated carbocycles. The maximum absolute atomic E-state index is 13.9. The van der Waals surface area contributed by atoms with Crippen molar-refractivity contribution in [2.45, 2.75) is 43.3 Å². The molecule has 1 heterocycles. The first-order valence-corrected chi connectivity index (χ1v) is 8.87. The van der Waals surface area contributed by atoms with E-state index in [0.717, 1.165) is 0 Å². The molecule has 1 aromatic carbocycles. The Morgan fingerprint density at radius 3 is 2.63 bits per heavy atom. The van der Waals surface area contributed by atoms with Crippen molar-refractivity contribution in [1.82, 2.24) is 10.3 Å². The lowest BCUT2D eigenvalue weighted by atomic mass is 9.75. The number of carbonyl (C=O) groups excluding carboxylic acids is 2. The quantitative estimate of drug-likeness (QED) is 0.848. The van der Waals surface area contributed by atoms with Gasteiger partial charge in [0.1, 0.15) is 17.2 Å². The third-order valence-electron chi connectivity index (χ3n) is 5.33. The minimum absolute atomic E-state index is 0.113. The Morgan fingerprint density at radius 1 is 1.15 bits per heavy atom. The molecule has 3 aliphatic rings. The average molecular weight is 371 g/mol. The van der Waals surface area contributed by atoms with Crippen LogP contribution in [0.15, 0.2) is 42.6 Å². The zero-order chi connectivity index (χ0) is 19.1. The van der Waals surface area contributed by atoms with Crippen molar-refractivity contribution in [3.8, 4) is 0 Å². The number of anilines is 1. The first-order chi connectivity index (χ1) is 12.9. The second-order valence-electron chi connectivity index (χ2n) is 7.49. The highest BCUT2D eigenvalue weighted by atomic mass is 19.1. The van der Waals surface area contributed by atoms with E-state index in [9.17, 15) is 18.4 Å². The summed E-state index contributed by atoms with van der Waals surface area (Å²) in [5.41, 5.74) is -0.742. The van der Waals surface area contributed by atoms with Gasteiger partial charge in [0.15, 0.2) is 0 Å². The molecule has 2 bridgehead atoms. The van der Waals surface area contributed by atoms with E-state index in [0.29, 0.717) is 36.9 Å². The van der Waals surface area contributed by atoms with Crippen LogP contribution in [0.25, 0.3) is 0 Å². The number of benzene rings is 1. The van der Waals surface area contributed by atoms with Crippen LogP contribution in [0.1, 0.15) is 41.7 Å². The van der Waals surface area contributed by atoms with E-state index in [1.165, 1.54) is 18.3 Å². The Hall–Kier alpha value is -2.83. The molecule has 3 aliphatic carbocycles. The summed E-state index contributed by atoms with van der Waals surface area (Å²) < 4.78 is 27.6. The van der Waals surface area contributed by atoms with Crippen molar-refractivity contribution in [3.05, 3.63) is 59.7 Å². The summed E-state index contributed by atoms with van der Waals surface area (Å²) in [6.07, 6.45) is 3.12. The van der Waals surface area contributed by atoms with E-state index in [2.05, 4.69) is 15.6 Å². The maximum atomic E-state index is 13.9. The minimum atomic E-state index is -1.12. The summed E-state index contributed by atoms with van der Waals surface area (Å²) in [6.45, 7) is 0. The summed E-state index contributed by atoms with van der Waals surface area (Å²) in [5.74, 6) is -1.22. The number of rotatable bonds is 5. The molecule has 7 heteroatoms. The van der Waals surface area contributed by atoms with E-state index < -0.39 is 22.9 Å². The van der Waals surface area contributed by atoms with Crippen molar-refractivity contribution >= 4 is 17.5 Å². The van der Waals surface area contributed by atoms with E-state index in [1.54, 1.807) is 24.3 Å². The van der Waals surface area contributed by atoms with Gasteiger partial charge in [0.2, 0.25) is 5.91 Å². The highest BCUT2D eigenvalue weighted by Crippen LogP contribution is 2.57. The van der Waals surface area contributed by atoms with E-state index in [4.69, 9.17) is 0 Å². The Labute approximate surface area is 155 Å². The second-order valence-corrected chi connectivity index (χ2v) is 7.49. The Bertz CT molecular complexity index is 910. The molecular weight excluding hydrogens is 352 g/mol. The van der Waals surface area contributed by atoms with Gasteiger partial charge in [-0.05, 0) is 36.6 Å². The number of hydrogen-bond acceptors (Lipinski definition) is 3. The summed E-state index contributed by atoms with van der Waals surface area (Å²) in [4.78, 5) is 28.6. The van der Waals surface area contributed by atoms with E-state index in [-0.39, 0.29) is 18.0 Å². The van der Waals surface area contributed by atoms with Crippen molar-refractivity contribution in [3.63, 3.8) is 0 Å². The molecule has 2 N–H and O–H groups in total. The molecule has 140 valence electrons. The molecule has 2 amide bonds. The third-order valence-corrected chi connectivity index (χ3v) is 5.33. The highest BCUT2D eigenvalue weighted by Gasteiger charge is 2.62. The fourth-order valence-electron chi connectivity index (χ4n) is 4.09. The summed E-state index contributed by atoms with van der Waals surface area (Å²) in [6, 6.07) is 9.08. The number of aromatic nitrogens is 1. The molecule has 1 aromatic heterocycles. The number of nitrogens with zero attached hydrogens (tertiary/aromatic N) is 1. The molecule has 3 fully saturated rings. The number of alkyl halides is 1. The molecule has 27 heavy (non-hydrogen) atoms. The lowest BCUT2D eigenvalue weighted by Crippen LogP contribution is -2.57. The van der Waals surface area contributed by atoms with Gasteiger partial charge in [0.25, 0.3) is 5.91 Å². The summed E-state index contributed by atoms with van der Waals surface area (Å²) in [7, 11) is 0. The normalized spacial score (nSPS) is 25.6. The molecule has 0 radical (unpaired) electrons. The monoisotopic (exact) mass is 371 g/mol. The van der Waals surface area contributed by atoms with Gasteiger partial charge in [-0.1, -0.05) is 18.2 Å². The van der Waals surface area contributed by atoms with Crippen LogP contribution in [0.3, 0.4) is 0 Å². The fraction of sp³-hybridized carbons (Fsp3) is 0.350. The molecule has 5 rings (SSSR count). The van der Waals surface area contributed by atoms with Crippen molar-refractivity contribution < 1.29 is 18.4 Å². The van der Waals surface area contributed by atoms with Crippen molar-refractivity contribution in [2.24, 2.45) is 0 Å². The molecule has 2 aromatic rings. The Kier molecular flexibility index (Phi) is 4.17. The topological polar surface area (TPSA) is 71.1 Å². The highest BCUT2D eigenvalue weighted by molar-refractivity contribution is 5.96. The zero-order valence-electron chi connectivity index (χ0n) is 14.6. The van der Waals surface area contributed by atoms with Gasteiger partial charge in [-0.3, -0.25) is 14.6 Å². The van der Waals surface area contributed by atoms with Gasteiger partial charge in [-0.25, -0.2) is 8.78 Å². The van der Waals surface area contributed by atoms with Crippen LogP contribution < -0.4 is 10.6 Å². The summed E-state index contributed by atoms with van der Waals surface area (Å²) >= 11 is 0. The fourth-order valence-corrected chi connectivity index (χ4v) is 4.09. The van der Waals surface area contributed by atoms with Crippen LogP contribution in [-0.4, -0.2) is 28.0 Å². The van der Waals surface area contributed by atoms with Crippen LogP contribution in [0.2, 0.25) is 0 Å². The number of pyridine rings is 1. The Balaban J connectivity index is 1.39. The number of carbonyl (C=O) groups is 2. The maximum Gasteiger partial charge on any atom is 0.270 e. The van der Waals surface area contributed by atoms with Gasteiger partial charge in [0.05, 0.1) is 6.42 Å². The van der Waals surface area contributed by atoms with Crippen LogP contribution >= 0.6 is 0 Å². The van der Waals surface area contributed by atoms with Crippen LogP contribution in [0.5, 0.6) is 0 Å². The molecule has 0 saturated heterocycles. The number of nitrogens with one attached hydrogen (secondary N) is 2. The third kappa shape index (κ3) is 3.54. The smallest absolute Gasteiger partial charge is 0.270 e. The van der Waals surface area contributed by atoms with Crippen molar-refractivity contribution in [1.29, 1.82) is 0 Å². The second kappa shape index (κ2) is 6.40. The Morgan fingerprint density at radius 2 is 1.93 bits per heavy atom. The summed E-state index contributed by atoms with van der Waals surface area (Å²) in [5, 5.41) is 5.53. The first kappa shape index (κ1) is 17.6.